The SMILES string of the molecule is COC(=O)C1SC/C(=N\O)C1C(=O)OC. The largest absolute Gasteiger partial charge is 0.468 e. The van der Waals surface area contributed by atoms with Crippen LogP contribution in [0.5, 0.6) is 0 Å². The van der Waals surface area contributed by atoms with Gasteiger partial charge >= 0.3 is 11.9 Å². The van der Waals surface area contributed by atoms with E-state index >= 15 is 0 Å². The Bertz CT molecular complexity index is 303. The molecule has 2 unspecified atom stereocenters. The van der Waals surface area contributed by atoms with Gasteiger partial charge in [-0.2, -0.15) is 0 Å². The molecule has 1 saturated heterocycles. The number of carbonyl (C=O) groups excluding carboxylic acids is 2. The number of esters is 2. The van der Waals surface area contributed by atoms with Crippen molar-refractivity contribution in [2.45, 2.75) is 5.25 Å². The molecule has 0 aromatic heterocycles. The number of oxime groups is 1. The summed E-state index contributed by atoms with van der Waals surface area (Å²) in [6, 6.07) is 0. The fourth-order valence-electron chi connectivity index (χ4n) is 1.33. The van der Waals surface area contributed by atoms with Crippen LogP contribution in [0, 0.1) is 5.92 Å². The van der Waals surface area contributed by atoms with E-state index in [1.54, 1.807) is 0 Å². The minimum absolute atomic E-state index is 0.238. The van der Waals surface area contributed by atoms with Crippen LogP contribution in [0.25, 0.3) is 0 Å². The van der Waals surface area contributed by atoms with Crippen LogP contribution in [0.1, 0.15) is 0 Å². The molecule has 2 atom stereocenters. The molecule has 7 heteroatoms. The maximum atomic E-state index is 11.4. The first kappa shape index (κ1) is 11.8. The highest BCUT2D eigenvalue weighted by molar-refractivity contribution is 8.01. The van der Waals surface area contributed by atoms with Crippen molar-refractivity contribution in [3.05, 3.63) is 0 Å². The van der Waals surface area contributed by atoms with Gasteiger partial charge in [0.1, 0.15) is 11.2 Å². The van der Waals surface area contributed by atoms with Gasteiger partial charge in [-0.25, -0.2) is 0 Å². The summed E-state index contributed by atoms with van der Waals surface area (Å²) in [4.78, 5) is 22.7. The van der Waals surface area contributed by atoms with E-state index in [1.165, 1.54) is 26.0 Å². The van der Waals surface area contributed by atoms with Crippen molar-refractivity contribution in [1.82, 2.24) is 0 Å². The van der Waals surface area contributed by atoms with E-state index in [9.17, 15) is 9.59 Å². The summed E-state index contributed by atoms with van der Waals surface area (Å²) in [7, 11) is 2.46. The summed E-state index contributed by atoms with van der Waals surface area (Å²) in [5.41, 5.74) is 0.238. The molecule has 0 radical (unpaired) electrons. The average Bonchev–Trinajstić information content (AvgIpc) is 2.70. The summed E-state index contributed by atoms with van der Waals surface area (Å²) in [5, 5.41) is 11.0. The molecule has 1 rings (SSSR count). The van der Waals surface area contributed by atoms with Gasteiger partial charge < -0.3 is 14.7 Å². The number of nitrogens with zero attached hydrogens (tertiary/aromatic N) is 1. The van der Waals surface area contributed by atoms with Gasteiger partial charge in [0.2, 0.25) is 0 Å². The number of methoxy groups -OCH3 is 2. The van der Waals surface area contributed by atoms with E-state index in [0.29, 0.717) is 5.75 Å². The predicted octanol–water partition coefficient (Wildman–Crippen LogP) is -0.106. The molecule has 1 fully saturated rings. The summed E-state index contributed by atoms with van der Waals surface area (Å²) in [6.07, 6.45) is 0. The van der Waals surface area contributed by atoms with Crippen LogP contribution in [0.2, 0.25) is 0 Å². The molecule has 6 nitrogen and oxygen atoms in total. The number of hydrogen-bond acceptors (Lipinski definition) is 7. The van der Waals surface area contributed by atoms with Crippen LogP contribution in [-0.4, -0.2) is 48.1 Å². The first-order valence-corrected chi connectivity index (χ1v) is 5.18. The second-order valence-electron chi connectivity index (χ2n) is 2.85. The van der Waals surface area contributed by atoms with Gasteiger partial charge in [0.15, 0.2) is 0 Å². The highest BCUT2D eigenvalue weighted by Gasteiger charge is 2.45. The molecule has 0 amide bonds. The number of ether oxygens (including phenoxy) is 2. The van der Waals surface area contributed by atoms with E-state index in [2.05, 4.69) is 14.6 Å². The van der Waals surface area contributed by atoms with E-state index in [-0.39, 0.29) is 5.71 Å². The summed E-state index contributed by atoms with van der Waals surface area (Å²) in [5.74, 6) is -1.65. The number of thioether (sulfide) groups is 1. The van der Waals surface area contributed by atoms with Gasteiger partial charge in [-0.1, -0.05) is 5.16 Å². The average molecular weight is 233 g/mol. The first-order chi connectivity index (χ1) is 7.15. The van der Waals surface area contributed by atoms with Gasteiger partial charge in [0, 0.05) is 5.75 Å². The van der Waals surface area contributed by atoms with Crippen LogP contribution in [0.15, 0.2) is 5.16 Å². The van der Waals surface area contributed by atoms with Crippen LogP contribution in [0.4, 0.5) is 0 Å². The van der Waals surface area contributed by atoms with Crippen LogP contribution in [0.3, 0.4) is 0 Å². The molecule has 0 saturated carbocycles. The fourth-order valence-corrected chi connectivity index (χ4v) is 2.61. The van der Waals surface area contributed by atoms with E-state index < -0.39 is 23.1 Å². The number of carbonyl (C=O) groups is 2. The summed E-state index contributed by atoms with van der Waals surface area (Å²) >= 11 is 1.19. The van der Waals surface area contributed by atoms with Crippen molar-refractivity contribution in [3.8, 4) is 0 Å². The minimum Gasteiger partial charge on any atom is -0.468 e. The molecular formula is C8H11NO5S. The zero-order valence-corrected chi connectivity index (χ0v) is 9.11. The third-order valence-electron chi connectivity index (χ3n) is 2.09. The smallest absolute Gasteiger partial charge is 0.320 e. The highest BCUT2D eigenvalue weighted by atomic mass is 32.2. The van der Waals surface area contributed by atoms with Gasteiger partial charge in [-0.05, 0) is 0 Å². The van der Waals surface area contributed by atoms with Gasteiger partial charge in [0.05, 0.1) is 19.9 Å². The number of rotatable bonds is 2. The Hall–Kier alpha value is -1.24. The lowest BCUT2D eigenvalue weighted by Gasteiger charge is -2.13. The van der Waals surface area contributed by atoms with Gasteiger partial charge in [-0.3, -0.25) is 9.59 Å². The molecule has 84 valence electrons. The first-order valence-electron chi connectivity index (χ1n) is 4.13. The molecule has 0 aromatic rings. The lowest BCUT2D eigenvalue weighted by molar-refractivity contribution is -0.148. The number of hydrogen-bond donors (Lipinski definition) is 1. The third-order valence-corrected chi connectivity index (χ3v) is 3.38. The summed E-state index contributed by atoms with van der Waals surface area (Å²) in [6.45, 7) is 0. The van der Waals surface area contributed by atoms with Gasteiger partial charge in [0.25, 0.3) is 0 Å². The Balaban J connectivity index is 2.91. The Kier molecular flexibility index (Phi) is 3.96. The van der Waals surface area contributed by atoms with E-state index in [1.807, 2.05) is 0 Å². The van der Waals surface area contributed by atoms with Crippen molar-refractivity contribution in [2.24, 2.45) is 11.1 Å². The zero-order chi connectivity index (χ0) is 11.4. The molecular weight excluding hydrogens is 222 g/mol. The normalized spacial score (nSPS) is 27.7. The van der Waals surface area contributed by atoms with Gasteiger partial charge in [-0.15, -0.1) is 11.8 Å². The molecule has 0 aliphatic carbocycles. The molecule has 1 N–H and O–H groups in total. The standard InChI is InChI=1S/C8H11NO5S/c1-13-7(10)5-4(9-12)3-15-6(5)8(11)14-2/h5-6,12H,3H2,1-2H3/b9-4+. The Labute approximate surface area is 90.6 Å². The zero-order valence-electron chi connectivity index (χ0n) is 8.30. The third kappa shape index (κ3) is 2.23. The summed E-state index contributed by atoms with van der Waals surface area (Å²) < 4.78 is 9.09. The lowest BCUT2D eigenvalue weighted by atomic mass is 10.0. The Morgan fingerprint density at radius 3 is 2.47 bits per heavy atom. The van der Waals surface area contributed by atoms with Crippen molar-refractivity contribution >= 4 is 29.4 Å². The van der Waals surface area contributed by atoms with Crippen molar-refractivity contribution < 1.29 is 24.3 Å². The quantitative estimate of drug-likeness (QED) is 0.407. The highest BCUT2D eigenvalue weighted by Crippen LogP contribution is 2.32. The Morgan fingerprint density at radius 1 is 1.40 bits per heavy atom. The van der Waals surface area contributed by atoms with Crippen LogP contribution in [-0.2, 0) is 19.1 Å². The molecule has 0 spiro atoms. The lowest BCUT2D eigenvalue weighted by Crippen LogP contribution is -2.34. The fraction of sp³-hybridized carbons (Fsp3) is 0.625. The maximum Gasteiger partial charge on any atom is 0.320 e. The second kappa shape index (κ2) is 5.01. The van der Waals surface area contributed by atoms with Crippen molar-refractivity contribution in [2.75, 3.05) is 20.0 Å². The molecule has 0 aromatic carbocycles. The predicted molar refractivity (Wildman–Crippen MR) is 53.0 cm³/mol. The van der Waals surface area contributed by atoms with E-state index in [0.717, 1.165) is 0 Å². The Morgan fingerprint density at radius 2 is 2.00 bits per heavy atom. The van der Waals surface area contributed by atoms with Crippen molar-refractivity contribution in [1.29, 1.82) is 0 Å². The monoisotopic (exact) mass is 233 g/mol. The molecule has 1 aliphatic heterocycles. The molecule has 1 aliphatic rings. The van der Waals surface area contributed by atoms with Crippen molar-refractivity contribution in [3.63, 3.8) is 0 Å². The molecule has 1 heterocycles. The minimum atomic E-state index is -0.850. The topological polar surface area (TPSA) is 85.2 Å². The van der Waals surface area contributed by atoms with Crippen LogP contribution >= 0.6 is 11.8 Å². The molecule has 0 bridgehead atoms. The molecule has 15 heavy (non-hydrogen) atoms. The maximum absolute atomic E-state index is 11.4. The van der Waals surface area contributed by atoms with E-state index in [4.69, 9.17) is 5.21 Å². The van der Waals surface area contributed by atoms with Crippen LogP contribution < -0.4 is 0 Å². The second-order valence-corrected chi connectivity index (χ2v) is 3.98.